The lowest BCUT2D eigenvalue weighted by molar-refractivity contribution is 0.249. The van der Waals surface area contributed by atoms with Crippen molar-refractivity contribution in [1.29, 1.82) is 0 Å². The van der Waals surface area contributed by atoms with Crippen molar-refractivity contribution in [3.05, 3.63) is 90.5 Å². The predicted octanol–water partition coefficient (Wildman–Crippen LogP) is 4.80. The van der Waals surface area contributed by atoms with Crippen LogP contribution in [0.2, 0.25) is 0 Å². The largest absolute Gasteiger partial charge is 0.455 e. The molecule has 0 spiro atoms. The van der Waals surface area contributed by atoms with E-state index in [1.807, 2.05) is 36.4 Å². The van der Waals surface area contributed by atoms with Crippen LogP contribution in [0.25, 0.3) is 0 Å². The maximum atomic E-state index is 6.13. The van der Waals surface area contributed by atoms with Gasteiger partial charge in [0.25, 0.3) is 0 Å². The van der Waals surface area contributed by atoms with Gasteiger partial charge < -0.3 is 9.64 Å². The van der Waals surface area contributed by atoms with E-state index in [1.165, 1.54) is 11.3 Å². The molecule has 4 rings (SSSR count). The van der Waals surface area contributed by atoms with E-state index in [9.17, 15) is 0 Å². The molecule has 132 valence electrons. The number of hydrogen-bond acceptors (Lipinski definition) is 3. The van der Waals surface area contributed by atoms with Gasteiger partial charge in [-0.3, -0.25) is 4.90 Å². The summed E-state index contributed by atoms with van der Waals surface area (Å²) in [6.07, 6.45) is 0. The maximum absolute atomic E-state index is 6.13. The second-order valence-electron chi connectivity index (χ2n) is 6.63. The van der Waals surface area contributed by atoms with Crippen LogP contribution in [0.1, 0.15) is 5.56 Å². The average molecular weight is 344 g/mol. The topological polar surface area (TPSA) is 15.7 Å². The number of hydrogen-bond donors (Lipinski definition) is 0. The van der Waals surface area contributed by atoms with E-state index in [0.717, 1.165) is 44.2 Å². The van der Waals surface area contributed by atoms with E-state index in [4.69, 9.17) is 4.74 Å². The Kier molecular flexibility index (Phi) is 5.17. The summed E-state index contributed by atoms with van der Waals surface area (Å²) in [6.45, 7) is 5.18. The number of nitrogens with zero attached hydrogens (tertiary/aromatic N) is 2. The molecule has 0 aromatic heterocycles. The lowest BCUT2D eigenvalue weighted by Crippen LogP contribution is -2.46. The average Bonchev–Trinajstić information content (AvgIpc) is 2.71. The van der Waals surface area contributed by atoms with Crippen LogP contribution >= 0.6 is 0 Å². The fourth-order valence-corrected chi connectivity index (χ4v) is 3.41. The molecule has 1 aliphatic heterocycles. The summed E-state index contributed by atoms with van der Waals surface area (Å²) in [7, 11) is 0. The van der Waals surface area contributed by atoms with E-state index in [1.54, 1.807) is 0 Å². The predicted molar refractivity (Wildman–Crippen MR) is 107 cm³/mol. The Morgan fingerprint density at radius 2 is 1.27 bits per heavy atom. The second kappa shape index (κ2) is 8.07. The van der Waals surface area contributed by atoms with Gasteiger partial charge >= 0.3 is 0 Å². The number of benzene rings is 3. The number of piperazine rings is 1. The van der Waals surface area contributed by atoms with Crippen molar-refractivity contribution in [3.8, 4) is 11.5 Å². The lowest BCUT2D eigenvalue weighted by Gasteiger charge is -2.36. The molecule has 0 bridgehead atoms. The van der Waals surface area contributed by atoms with Crippen molar-refractivity contribution in [3.63, 3.8) is 0 Å². The molecule has 3 heteroatoms. The third kappa shape index (κ3) is 4.06. The minimum absolute atomic E-state index is 0.877. The Hall–Kier alpha value is -2.78. The van der Waals surface area contributed by atoms with Gasteiger partial charge in [-0.15, -0.1) is 0 Å². The fourth-order valence-electron chi connectivity index (χ4n) is 3.41. The van der Waals surface area contributed by atoms with Gasteiger partial charge in [0.1, 0.15) is 5.75 Å². The first kappa shape index (κ1) is 16.7. The molecule has 3 nitrogen and oxygen atoms in total. The summed E-state index contributed by atoms with van der Waals surface area (Å²) in [5.74, 6) is 1.80. The van der Waals surface area contributed by atoms with Gasteiger partial charge in [0.15, 0.2) is 5.75 Å². The van der Waals surface area contributed by atoms with Gasteiger partial charge in [-0.1, -0.05) is 60.7 Å². The molecule has 0 radical (unpaired) electrons. The van der Waals surface area contributed by atoms with Crippen LogP contribution in [0.4, 0.5) is 5.69 Å². The van der Waals surface area contributed by atoms with Crippen LogP contribution in [0.5, 0.6) is 11.5 Å². The van der Waals surface area contributed by atoms with Crippen LogP contribution in [-0.4, -0.2) is 31.1 Å². The highest BCUT2D eigenvalue weighted by Crippen LogP contribution is 2.32. The molecule has 1 heterocycles. The van der Waals surface area contributed by atoms with Crippen LogP contribution in [0, 0.1) is 0 Å². The van der Waals surface area contributed by atoms with Gasteiger partial charge in [0.2, 0.25) is 0 Å². The summed E-state index contributed by atoms with van der Waals surface area (Å²) >= 11 is 0. The molecule has 0 amide bonds. The molecule has 0 atom stereocenters. The summed E-state index contributed by atoms with van der Waals surface area (Å²) in [6, 6.07) is 29.0. The third-order valence-corrected chi connectivity index (χ3v) is 4.80. The normalized spacial score (nSPS) is 15.0. The number of rotatable bonds is 5. The molecule has 0 aliphatic carbocycles. The Morgan fingerprint density at radius 1 is 0.654 bits per heavy atom. The molecular formula is C23H24N2O. The van der Waals surface area contributed by atoms with Crippen molar-refractivity contribution >= 4 is 5.69 Å². The van der Waals surface area contributed by atoms with Crippen molar-refractivity contribution in [2.24, 2.45) is 0 Å². The molecule has 0 saturated carbocycles. The summed E-state index contributed by atoms with van der Waals surface area (Å²) in [5.41, 5.74) is 2.56. The first-order chi connectivity index (χ1) is 12.9. The fraction of sp³-hybridized carbons (Fsp3) is 0.217. The quantitative estimate of drug-likeness (QED) is 0.661. The zero-order valence-electron chi connectivity index (χ0n) is 14.9. The van der Waals surface area contributed by atoms with Crippen molar-refractivity contribution in [1.82, 2.24) is 4.90 Å². The Balaban J connectivity index is 1.41. The minimum Gasteiger partial charge on any atom is -0.455 e. The smallest absolute Gasteiger partial charge is 0.150 e. The van der Waals surface area contributed by atoms with Gasteiger partial charge in [0.05, 0.1) is 5.69 Å². The minimum atomic E-state index is 0.877. The zero-order valence-corrected chi connectivity index (χ0v) is 14.9. The highest BCUT2D eigenvalue weighted by molar-refractivity contribution is 5.59. The van der Waals surface area contributed by atoms with E-state index in [0.29, 0.717) is 0 Å². The number of anilines is 1. The molecule has 1 fully saturated rings. The monoisotopic (exact) mass is 344 g/mol. The summed E-state index contributed by atoms with van der Waals surface area (Å²) in [5, 5.41) is 0. The standard InChI is InChI=1S/C23H24N2O/c1-3-9-20(10-4-1)19-24-15-17-25(18-16-24)22-13-7-8-14-23(22)26-21-11-5-2-6-12-21/h1-14H,15-19H2. The van der Waals surface area contributed by atoms with E-state index >= 15 is 0 Å². The van der Waals surface area contributed by atoms with Gasteiger partial charge in [0, 0.05) is 32.7 Å². The first-order valence-electron chi connectivity index (χ1n) is 9.22. The highest BCUT2D eigenvalue weighted by atomic mass is 16.5. The maximum Gasteiger partial charge on any atom is 0.150 e. The first-order valence-corrected chi connectivity index (χ1v) is 9.22. The summed E-state index contributed by atoms with van der Waals surface area (Å²) in [4.78, 5) is 4.95. The molecule has 1 saturated heterocycles. The third-order valence-electron chi connectivity index (χ3n) is 4.80. The molecule has 3 aromatic carbocycles. The second-order valence-corrected chi connectivity index (χ2v) is 6.63. The Labute approximate surface area is 155 Å². The molecule has 3 aromatic rings. The number of ether oxygens (including phenoxy) is 1. The Morgan fingerprint density at radius 3 is 2.00 bits per heavy atom. The van der Waals surface area contributed by atoms with E-state index in [2.05, 4.69) is 58.3 Å². The summed E-state index contributed by atoms with van der Waals surface area (Å²) < 4.78 is 6.13. The molecule has 1 aliphatic rings. The number of para-hydroxylation sites is 3. The Bertz CT molecular complexity index is 812. The lowest BCUT2D eigenvalue weighted by atomic mass is 10.2. The van der Waals surface area contributed by atoms with Crippen LogP contribution in [0.3, 0.4) is 0 Å². The van der Waals surface area contributed by atoms with E-state index < -0.39 is 0 Å². The molecule has 26 heavy (non-hydrogen) atoms. The van der Waals surface area contributed by atoms with Crippen LogP contribution in [0.15, 0.2) is 84.9 Å². The van der Waals surface area contributed by atoms with Crippen LogP contribution in [-0.2, 0) is 6.54 Å². The molecular weight excluding hydrogens is 320 g/mol. The SMILES string of the molecule is c1ccc(CN2CCN(c3ccccc3Oc3ccccc3)CC2)cc1. The van der Waals surface area contributed by atoms with Gasteiger partial charge in [-0.2, -0.15) is 0 Å². The van der Waals surface area contributed by atoms with Crippen molar-refractivity contribution in [2.75, 3.05) is 31.1 Å². The van der Waals surface area contributed by atoms with Crippen molar-refractivity contribution in [2.45, 2.75) is 6.54 Å². The zero-order chi connectivity index (χ0) is 17.6. The molecule has 0 N–H and O–H groups in total. The van der Waals surface area contributed by atoms with Gasteiger partial charge in [-0.05, 0) is 29.8 Å². The van der Waals surface area contributed by atoms with Gasteiger partial charge in [-0.25, -0.2) is 0 Å². The van der Waals surface area contributed by atoms with Crippen molar-refractivity contribution < 1.29 is 4.74 Å². The van der Waals surface area contributed by atoms with Crippen LogP contribution < -0.4 is 9.64 Å². The molecule has 0 unspecified atom stereocenters. The highest BCUT2D eigenvalue weighted by Gasteiger charge is 2.19. The van der Waals surface area contributed by atoms with E-state index in [-0.39, 0.29) is 0 Å².